The Labute approximate surface area is 179 Å². The Morgan fingerprint density at radius 3 is 2.43 bits per heavy atom. The molecular weight excluding hydrogens is 378 g/mol. The van der Waals surface area contributed by atoms with Crippen molar-refractivity contribution in [1.29, 1.82) is 0 Å². The van der Waals surface area contributed by atoms with Crippen molar-refractivity contribution in [3.63, 3.8) is 0 Å². The standard InChI is InChI=1S/C24H33N3O3/c1-18(2)22-10-9-20(15-23(22)27(28)29)16-25-17-24(11-13-30-14-12-24)26-19(3)21-7-5-4-6-8-21/h4-10,15,18-19,25-26H,11-14,16-17H2,1-3H3/t19-/m0/s1. The number of ether oxygens (including phenoxy) is 1. The highest BCUT2D eigenvalue weighted by Crippen LogP contribution is 2.28. The van der Waals surface area contributed by atoms with Gasteiger partial charge in [0.2, 0.25) is 0 Å². The topological polar surface area (TPSA) is 76.4 Å². The van der Waals surface area contributed by atoms with E-state index in [-0.39, 0.29) is 28.1 Å². The van der Waals surface area contributed by atoms with Crippen molar-refractivity contribution < 1.29 is 9.66 Å². The molecule has 0 bridgehead atoms. The molecule has 2 N–H and O–H groups in total. The highest BCUT2D eigenvalue weighted by Gasteiger charge is 2.33. The lowest BCUT2D eigenvalue weighted by molar-refractivity contribution is -0.385. The van der Waals surface area contributed by atoms with Gasteiger partial charge in [0.15, 0.2) is 0 Å². The molecule has 1 atom stereocenters. The molecule has 3 rings (SSSR count). The van der Waals surface area contributed by atoms with E-state index in [4.69, 9.17) is 4.74 Å². The van der Waals surface area contributed by atoms with Gasteiger partial charge in [-0.3, -0.25) is 10.1 Å². The second-order valence-electron chi connectivity index (χ2n) is 8.58. The Morgan fingerprint density at radius 1 is 1.10 bits per heavy atom. The van der Waals surface area contributed by atoms with Crippen LogP contribution < -0.4 is 10.6 Å². The molecular formula is C24H33N3O3. The number of nitrogens with zero attached hydrogens (tertiary/aromatic N) is 1. The number of rotatable bonds is 9. The Hall–Kier alpha value is -2.28. The predicted molar refractivity (Wildman–Crippen MR) is 120 cm³/mol. The molecule has 0 aliphatic carbocycles. The zero-order valence-corrected chi connectivity index (χ0v) is 18.2. The number of benzene rings is 2. The first-order chi connectivity index (χ1) is 14.4. The molecule has 2 aromatic rings. The van der Waals surface area contributed by atoms with Crippen LogP contribution in [0.4, 0.5) is 5.69 Å². The first-order valence-corrected chi connectivity index (χ1v) is 10.8. The smallest absolute Gasteiger partial charge is 0.273 e. The van der Waals surface area contributed by atoms with Crippen molar-refractivity contribution in [2.75, 3.05) is 19.8 Å². The van der Waals surface area contributed by atoms with Gasteiger partial charge in [-0.1, -0.05) is 56.3 Å². The zero-order valence-electron chi connectivity index (χ0n) is 18.2. The molecule has 0 radical (unpaired) electrons. The van der Waals surface area contributed by atoms with Crippen molar-refractivity contribution in [3.8, 4) is 0 Å². The summed E-state index contributed by atoms with van der Waals surface area (Å²) in [7, 11) is 0. The molecule has 2 aromatic carbocycles. The van der Waals surface area contributed by atoms with E-state index in [2.05, 4.69) is 41.8 Å². The van der Waals surface area contributed by atoms with Crippen LogP contribution in [0.1, 0.15) is 62.3 Å². The molecule has 0 spiro atoms. The molecule has 162 valence electrons. The molecule has 1 heterocycles. The SMILES string of the molecule is CC(C)c1ccc(CNCC2(N[C@@H](C)c3ccccc3)CCOCC2)cc1[N+](=O)[O-]. The molecule has 1 fully saturated rings. The second kappa shape index (κ2) is 10.2. The fraction of sp³-hybridized carbons (Fsp3) is 0.500. The van der Waals surface area contributed by atoms with Gasteiger partial charge in [0, 0.05) is 49.5 Å². The first kappa shape index (κ1) is 22.4. The summed E-state index contributed by atoms with van der Waals surface area (Å²) in [5, 5.41) is 18.8. The van der Waals surface area contributed by atoms with Crippen LogP contribution in [0.3, 0.4) is 0 Å². The Balaban J connectivity index is 1.66. The van der Waals surface area contributed by atoms with E-state index in [9.17, 15) is 10.1 Å². The van der Waals surface area contributed by atoms with Crippen molar-refractivity contribution in [3.05, 3.63) is 75.3 Å². The van der Waals surface area contributed by atoms with Crippen LogP contribution >= 0.6 is 0 Å². The number of nitrogens with one attached hydrogen (secondary N) is 2. The van der Waals surface area contributed by atoms with Gasteiger partial charge in [0.1, 0.15) is 0 Å². The summed E-state index contributed by atoms with van der Waals surface area (Å²) in [5.74, 6) is 0.126. The molecule has 1 aliphatic heterocycles. The summed E-state index contributed by atoms with van der Waals surface area (Å²) in [4.78, 5) is 11.2. The summed E-state index contributed by atoms with van der Waals surface area (Å²) in [6, 6.07) is 16.3. The fourth-order valence-corrected chi connectivity index (χ4v) is 4.21. The van der Waals surface area contributed by atoms with Crippen LogP contribution in [0.25, 0.3) is 0 Å². The summed E-state index contributed by atoms with van der Waals surface area (Å²) in [6.07, 6.45) is 1.87. The molecule has 0 aromatic heterocycles. The van der Waals surface area contributed by atoms with Crippen LogP contribution in [-0.2, 0) is 11.3 Å². The lowest BCUT2D eigenvalue weighted by Gasteiger charge is -2.41. The van der Waals surface area contributed by atoms with E-state index >= 15 is 0 Å². The molecule has 0 unspecified atom stereocenters. The number of nitro benzene ring substituents is 1. The minimum absolute atomic E-state index is 0.0582. The number of hydrogen-bond acceptors (Lipinski definition) is 5. The average Bonchev–Trinajstić information content (AvgIpc) is 2.74. The lowest BCUT2D eigenvalue weighted by Crippen LogP contribution is -2.56. The van der Waals surface area contributed by atoms with Crippen LogP contribution in [0, 0.1) is 10.1 Å². The van der Waals surface area contributed by atoms with Gasteiger partial charge in [0.25, 0.3) is 5.69 Å². The predicted octanol–water partition coefficient (Wildman–Crippen LogP) is 4.71. The van der Waals surface area contributed by atoms with Gasteiger partial charge in [-0.15, -0.1) is 0 Å². The third-order valence-corrected chi connectivity index (χ3v) is 5.98. The fourth-order valence-electron chi connectivity index (χ4n) is 4.21. The minimum atomic E-state index is -0.276. The van der Waals surface area contributed by atoms with Crippen molar-refractivity contribution in [1.82, 2.24) is 10.6 Å². The maximum atomic E-state index is 11.5. The number of nitro groups is 1. The van der Waals surface area contributed by atoms with Gasteiger partial charge in [-0.05, 0) is 36.8 Å². The van der Waals surface area contributed by atoms with E-state index in [1.54, 1.807) is 6.07 Å². The van der Waals surface area contributed by atoms with E-state index in [1.165, 1.54) is 5.56 Å². The van der Waals surface area contributed by atoms with Gasteiger partial charge < -0.3 is 15.4 Å². The first-order valence-electron chi connectivity index (χ1n) is 10.8. The summed E-state index contributed by atoms with van der Waals surface area (Å²) in [6.45, 7) is 9.02. The summed E-state index contributed by atoms with van der Waals surface area (Å²) >= 11 is 0. The zero-order chi connectivity index (χ0) is 21.6. The summed E-state index contributed by atoms with van der Waals surface area (Å²) in [5.41, 5.74) is 3.13. The molecule has 1 aliphatic rings. The lowest BCUT2D eigenvalue weighted by atomic mass is 9.88. The second-order valence-corrected chi connectivity index (χ2v) is 8.58. The van der Waals surface area contributed by atoms with Crippen LogP contribution in [0.15, 0.2) is 48.5 Å². The highest BCUT2D eigenvalue weighted by molar-refractivity contribution is 5.45. The third-order valence-electron chi connectivity index (χ3n) is 5.98. The number of hydrogen-bond donors (Lipinski definition) is 2. The Morgan fingerprint density at radius 2 is 1.80 bits per heavy atom. The largest absolute Gasteiger partial charge is 0.381 e. The van der Waals surface area contributed by atoms with E-state index in [0.29, 0.717) is 6.54 Å². The van der Waals surface area contributed by atoms with Gasteiger partial charge in [-0.25, -0.2) is 0 Å². The van der Waals surface area contributed by atoms with Crippen LogP contribution in [0.5, 0.6) is 0 Å². The third kappa shape index (κ3) is 5.65. The van der Waals surface area contributed by atoms with Crippen molar-refractivity contribution >= 4 is 5.69 Å². The van der Waals surface area contributed by atoms with Crippen LogP contribution in [-0.4, -0.2) is 30.2 Å². The molecule has 6 heteroatoms. The van der Waals surface area contributed by atoms with Gasteiger partial charge in [0.05, 0.1) is 4.92 Å². The average molecular weight is 412 g/mol. The van der Waals surface area contributed by atoms with Crippen molar-refractivity contribution in [2.45, 2.75) is 57.7 Å². The molecule has 0 saturated carbocycles. The monoisotopic (exact) mass is 411 g/mol. The Kier molecular flexibility index (Phi) is 7.58. The quantitative estimate of drug-likeness (QED) is 0.462. The van der Waals surface area contributed by atoms with Gasteiger partial charge >= 0.3 is 0 Å². The highest BCUT2D eigenvalue weighted by atomic mass is 16.6. The van der Waals surface area contributed by atoms with E-state index in [0.717, 1.165) is 43.7 Å². The molecule has 1 saturated heterocycles. The maximum Gasteiger partial charge on any atom is 0.273 e. The molecule has 0 amide bonds. The van der Waals surface area contributed by atoms with Crippen molar-refractivity contribution in [2.24, 2.45) is 0 Å². The van der Waals surface area contributed by atoms with Gasteiger partial charge in [-0.2, -0.15) is 0 Å². The van der Waals surface area contributed by atoms with E-state index in [1.807, 2.05) is 32.0 Å². The minimum Gasteiger partial charge on any atom is -0.381 e. The molecule has 6 nitrogen and oxygen atoms in total. The Bertz CT molecular complexity index is 833. The summed E-state index contributed by atoms with van der Waals surface area (Å²) < 4.78 is 5.61. The van der Waals surface area contributed by atoms with Crippen LogP contribution in [0.2, 0.25) is 0 Å². The molecule has 30 heavy (non-hydrogen) atoms. The normalized spacial score (nSPS) is 17.1. The van der Waals surface area contributed by atoms with E-state index < -0.39 is 0 Å². The maximum absolute atomic E-state index is 11.5.